The fourth-order valence-corrected chi connectivity index (χ4v) is 2.90. The highest BCUT2D eigenvalue weighted by atomic mass is 79.9. The van der Waals surface area contributed by atoms with E-state index in [1.54, 1.807) is 18.0 Å². The molecule has 0 spiro atoms. The van der Waals surface area contributed by atoms with Crippen LogP contribution in [0.15, 0.2) is 50.7 Å². The van der Waals surface area contributed by atoms with E-state index in [-0.39, 0.29) is 12.1 Å². The minimum Gasteiger partial charge on any atom is -0.382 e. The molecule has 0 radical (unpaired) electrons. The topological polar surface area (TPSA) is 46.9 Å². The number of terminal acetylenes is 1. The average molecular weight is 364 g/mol. The highest BCUT2D eigenvalue weighted by Gasteiger charge is 2.07. The first-order valence-corrected chi connectivity index (χ1v) is 8.11. The van der Waals surface area contributed by atoms with Gasteiger partial charge in [0.15, 0.2) is 0 Å². The van der Waals surface area contributed by atoms with E-state index in [4.69, 9.17) is 6.42 Å². The fourth-order valence-electron chi connectivity index (χ4n) is 1.66. The van der Waals surface area contributed by atoms with Crippen molar-refractivity contribution in [1.82, 2.24) is 9.78 Å². The molecule has 0 aliphatic carbocycles. The molecule has 0 aliphatic rings. The van der Waals surface area contributed by atoms with Crippen molar-refractivity contribution in [2.75, 3.05) is 17.6 Å². The van der Waals surface area contributed by atoms with Gasteiger partial charge >= 0.3 is 0 Å². The summed E-state index contributed by atoms with van der Waals surface area (Å²) in [5.74, 6) is 3.29. The van der Waals surface area contributed by atoms with Crippen molar-refractivity contribution in [2.45, 2.75) is 11.4 Å². The first kappa shape index (κ1) is 15.7. The number of nitrogens with zero attached hydrogens (tertiary/aromatic N) is 2. The first-order chi connectivity index (χ1) is 10.2. The standard InChI is InChI=1S/C15H14BrN3OS/c1-2-9-19-15(20)14(16)13(11-18-19)17-8-10-21-12-6-4-3-5-7-12/h1,3-7,11,17H,8-10H2. The van der Waals surface area contributed by atoms with Crippen LogP contribution in [0.1, 0.15) is 0 Å². The van der Waals surface area contributed by atoms with Crippen molar-refractivity contribution in [3.05, 3.63) is 51.4 Å². The third kappa shape index (κ3) is 4.38. The molecule has 4 nitrogen and oxygen atoms in total. The molecule has 1 N–H and O–H groups in total. The second-order valence-corrected chi connectivity index (χ2v) is 6.09. The van der Waals surface area contributed by atoms with Crippen LogP contribution in [0.5, 0.6) is 0 Å². The lowest BCUT2D eigenvalue weighted by atomic mass is 10.4. The van der Waals surface area contributed by atoms with Gasteiger partial charge in [-0.2, -0.15) is 5.10 Å². The van der Waals surface area contributed by atoms with Gasteiger partial charge in [-0.15, -0.1) is 18.2 Å². The van der Waals surface area contributed by atoms with Gasteiger partial charge in [0.2, 0.25) is 0 Å². The van der Waals surface area contributed by atoms with E-state index in [0.717, 1.165) is 12.3 Å². The second-order valence-electron chi connectivity index (χ2n) is 4.13. The molecule has 0 fully saturated rings. The van der Waals surface area contributed by atoms with Gasteiger partial charge < -0.3 is 5.32 Å². The number of hydrogen-bond donors (Lipinski definition) is 1. The number of thioether (sulfide) groups is 1. The summed E-state index contributed by atoms with van der Waals surface area (Å²) in [5, 5.41) is 7.23. The van der Waals surface area contributed by atoms with Gasteiger partial charge in [-0.1, -0.05) is 24.1 Å². The van der Waals surface area contributed by atoms with E-state index < -0.39 is 0 Å². The normalized spacial score (nSPS) is 10.1. The van der Waals surface area contributed by atoms with E-state index >= 15 is 0 Å². The Balaban J connectivity index is 1.91. The number of anilines is 1. The molecule has 0 bridgehead atoms. The maximum absolute atomic E-state index is 11.9. The van der Waals surface area contributed by atoms with Gasteiger partial charge in [0.05, 0.1) is 11.9 Å². The molecule has 0 atom stereocenters. The van der Waals surface area contributed by atoms with Crippen molar-refractivity contribution < 1.29 is 0 Å². The molecule has 0 amide bonds. The third-order valence-corrected chi connectivity index (χ3v) is 4.44. The third-order valence-electron chi connectivity index (χ3n) is 2.66. The molecule has 108 valence electrons. The maximum atomic E-state index is 11.9. The van der Waals surface area contributed by atoms with Crippen molar-refractivity contribution >= 4 is 33.4 Å². The summed E-state index contributed by atoms with van der Waals surface area (Å²) in [6.45, 7) is 0.903. The Hall–Kier alpha value is -1.71. The Labute approximate surface area is 136 Å². The summed E-state index contributed by atoms with van der Waals surface area (Å²) in [6.07, 6.45) is 6.79. The molecular formula is C15H14BrN3OS. The van der Waals surface area contributed by atoms with E-state index in [2.05, 4.69) is 44.4 Å². The van der Waals surface area contributed by atoms with Gasteiger partial charge in [0.25, 0.3) is 5.56 Å². The van der Waals surface area contributed by atoms with Crippen LogP contribution < -0.4 is 10.9 Å². The van der Waals surface area contributed by atoms with Crippen molar-refractivity contribution in [3.8, 4) is 12.3 Å². The van der Waals surface area contributed by atoms with Crippen molar-refractivity contribution in [1.29, 1.82) is 0 Å². The summed E-state index contributed by atoms with van der Waals surface area (Å²) < 4.78 is 1.70. The Morgan fingerprint density at radius 1 is 1.38 bits per heavy atom. The number of aromatic nitrogens is 2. The summed E-state index contributed by atoms with van der Waals surface area (Å²) >= 11 is 5.04. The molecule has 2 rings (SSSR count). The molecule has 0 saturated heterocycles. The van der Waals surface area contributed by atoms with Crippen LogP contribution >= 0.6 is 27.7 Å². The molecule has 6 heteroatoms. The van der Waals surface area contributed by atoms with Crippen LogP contribution in [0.4, 0.5) is 5.69 Å². The first-order valence-electron chi connectivity index (χ1n) is 6.33. The van der Waals surface area contributed by atoms with Crippen molar-refractivity contribution in [2.24, 2.45) is 0 Å². The van der Waals surface area contributed by atoms with Crippen LogP contribution in [0.2, 0.25) is 0 Å². The largest absolute Gasteiger partial charge is 0.382 e. The van der Waals surface area contributed by atoms with E-state index in [0.29, 0.717) is 10.2 Å². The predicted molar refractivity (Wildman–Crippen MR) is 90.7 cm³/mol. The van der Waals surface area contributed by atoms with Gasteiger partial charge in [0.1, 0.15) is 11.0 Å². The zero-order valence-corrected chi connectivity index (χ0v) is 13.7. The molecule has 21 heavy (non-hydrogen) atoms. The van der Waals surface area contributed by atoms with Crippen LogP contribution in [0.25, 0.3) is 0 Å². The number of rotatable bonds is 6. The van der Waals surface area contributed by atoms with Gasteiger partial charge in [0, 0.05) is 17.2 Å². The average Bonchev–Trinajstić information content (AvgIpc) is 2.51. The van der Waals surface area contributed by atoms with Crippen LogP contribution in [-0.2, 0) is 6.54 Å². The van der Waals surface area contributed by atoms with Crippen LogP contribution in [-0.4, -0.2) is 22.1 Å². The van der Waals surface area contributed by atoms with Gasteiger partial charge in [-0.3, -0.25) is 4.79 Å². The zero-order chi connectivity index (χ0) is 15.1. The molecule has 0 aliphatic heterocycles. The molecule has 1 aromatic carbocycles. The minimum atomic E-state index is -0.228. The summed E-state index contributed by atoms with van der Waals surface area (Å²) in [5.41, 5.74) is 0.454. The fraction of sp³-hybridized carbons (Fsp3) is 0.200. The predicted octanol–water partition coefficient (Wildman–Crippen LogP) is 2.84. The molecule has 0 saturated carbocycles. The maximum Gasteiger partial charge on any atom is 0.284 e. The lowest BCUT2D eigenvalue weighted by Crippen LogP contribution is -2.24. The Morgan fingerprint density at radius 3 is 2.86 bits per heavy atom. The molecule has 1 aromatic heterocycles. The van der Waals surface area contributed by atoms with Crippen LogP contribution in [0.3, 0.4) is 0 Å². The summed E-state index contributed by atoms with van der Waals surface area (Å²) in [4.78, 5) is 13.2. The molecule has 1 heterocycles. The quantitative estimate of drug-likeness (QED) is 0.487. The van der Waals surface area contributed by atoms with E-state index in [1.165, 1.54) is 9.58 Å². The monoisotopic (exact) mass is 363 g/mol. The Bertz CT molecular complexity index is 694. The van der Waals surface area contributed by atoms with E-state index in [9.17, 15) is 4.79 Å². The van der Waals surface area contributed by atoms with Gasteiger partial charge in [-0.25, -0.2) is 4.68 Å². The molecule has 2 aromatic rings. The van der Waals surface area contributed by atoms with Gasteiger partial charge in [-0.05, 0) is 28.1 Å². The highest BCUT2D eigenvalue weighted by Crippen LogP contribution is 2.18. The Morgan fingerprint density at radius 2 is 2.14 bits per heavy atom. The lowest BCUT2D eigenvalue weighted by Gasteiger charge is -2.09. The number of halogens is 1. The zero-order valence-electron chi connectivity index (χ0n) is 11.3. The number of benzene rings is 1. The minimum absolute atomic E-state index is 0.168. The SMILES string of the molecule is C#CCn1ncc(NCCSc2ccccc2)c(Br)c1=O. The van der Waals surface area contributed by atoms with E-state index in [1.807, 2.05) is 18.2 Å². The smallest absolute Gasteiger partial charge is 0.284 e. The van der Waals surface area contributed by atoms with Crippen molar-refractivity contribution in [3.63, 3.8) is 0 Å². The van der Waals surface area contributed by atoms with Crippen LogP contribution in [0, 0.1) is 12.3 Å². The Kier molecular flexibility index (Phi) is 5.90. The highest BCUT2D eigenvalue weighted by molar-refractivity contribution is 9.10. The molecular weight excluding hydrogens is 350 g/mol. The lowest BCUT2D eigenvalue weighted by molar-refractivity contribution is 0.659. The number of hydrogen-bond acceptors (Lipinski definition) is 4. The molecule has 0 unspecified atom stereocenters. The number of nitrogens with one attached hydrogen (secondary N) is 1. The summed E-state index contributed by atoms with van der Waals surface area (Å²) in [7, 11) is 0. The second kappa shape index (κ2) is 7.91. The summed E-state index contributed by atoms with van der Waals surface area (Å²) in [6, 6.07) is 10.2.